The Morgan fingerprint density at radius 1 is 1.38 bits per heavy atom. The number of carbonyl (C=O) groups excluding carboxylic acids is 1. The molecule has 1 rings (SSSR count). The van der Waals surface area contributed by atoms with Gasteiger partial charge >= 0.3 is 5.91 Å². The molecule has 0 heterocycles. The van der Waals surface area contributed by atoms with Gasteiger partial charge in [0.2, 0.25) is 0 Å². The van der Waals surface area contributed by atoms with Crippen molar-refractivity contribution < 1.29 is 9.53 Å². The van der Waals surface area contributed by atoms with Crippen molar-refractivity contribution in [1.82, 2.24) is 0 Å². The van der Waals surface area contributed by atoms with E-state index in [9.17, 15) is 9.70 Å². The van der Waals surface area contributed by atoms with Crippen molar-refractivity contribution in [2.24, 2.45) is 5.18 Å². The average Bonchev–Trinajstić information content (AvgIpc) is 2.15. The van der Waals surface area contributed by atoms with Crippen LogP contribution in [-0.4, -0.2) is 13.0 Å². The number of ether oxygens (including phenoxy) is 1. The number of benzene rings is 1. The lowest BCUT2D eigenvalue weighted by Gasteiger charge is -2.02. The lowest BCUT2D eigenvalue weighted by molar-refractivity contribution is 0.100. The van der Waals surface area contributed by atoms with E-state index in [1.807, 2.05) is 6.92 Å². The summed E-state index contributed by atoms with van der Waals surface area (Å²) >= 11 is 0. The lowest BCUT2D eigenvalue weighted by atomic mass is 10.1. The number of hydrogen-bond donors (Lipinski definition) is 0. The Bertz CT molecular complexity index is 347. The topological polar surface area (TPSA) is 55.7 Å². The van der Waals surface area contributed by atoms with Crippen LogP contribution in [0.2, 0.25) is 0 Å². The molecule has 0 aliphatic carbocycles. The number of amides is 1. The summed E-state index contributed by atoms with van der Waals surface area (Å²) < 4.78 is 4.93. The quantitative estimate of drug-likeness (QED) is 0.651. The molecule has 1 aromatic rings. The maximum absolute atomic E-state index is 10.9. The molecule has 0 atom stereocenters. The highest BCUT2D eigenvalue weighted by Gasteiger charge is 2.07. The van der Waals surface area contributed by atoms with Crippen LogP contribution in [0.5, 0.6) is 5.75 Å². The van der Waals surface area contributed by atoms with E-state index in [0.29, 0.717) is 5.75 Å². The van der Waals surface area contributed by atoms with E-state index >= 15 is 0 Å². The van der Waals surface area contributed by atoms with Gasteiger partial charge in [-0.15, -0.1) is 4.91 Å². The number of rotatable bonds is 2. The van der Waals surface area contributed by atoms with E-state index in [-0.39, 0.29) is 5.56 Å². The van der Waals surface area contributed by atoms with Crippen LogP contribution in [0.25, 0.3) is 0 Å². The maximum atomic E-state index is 10.9. The summed E-state index contributed by atoms with van der Waals surface area (Å²) in [5, 5.41) is 2.33. The predicted octanol–water partition coefficient (Wildman–Crippen LogP) is 1.91. The molecule has 13 heavy (non-hydrogen) atoms. The van der Waals surface area contributed by atoms with E-state index in [4.69, 9.17) is 4.74 Å². The van der Waals surface area contributed by atoms with Gasteiger partial charge in [0, 0.05) is 10.7 Å². The Kier molecular flexibility index (Phi) is 2.74. The van der Waals surface area contributed by atoms with Crippen LogP contribution in [-0.2, 0) is 0 Å². The van der Waals surface area contributed by atoms with Gasteiger partial charge < -0.3 is 4.74 Å². The third kappa shape index (κ3) is 2.11. The van der Waals surface area contributed by atoms with Crippen LogP contribution in [0, 0.1) is 11.8 Å². The molecule has 0 bridgehead atoms. The van der Waals surface area contributed by atoms with Crippen LogP contribution in [0.1, 0.15) is 15.9 Å². The van der Waals surface area contributed by atoms with Gasteiger partial charge in [0.05, 0.1) is 7.11 Å². The molecule has 0 saturated carbocycles. The van der Waals surface area contributed by atoms with Gasteiger partial charge in [-0.25, -0.2) is 0 Å². The first kappa shape index (κ1) is 9.38. The van der Waals surface area contributed by atoms with Gasteiger partial charge in [-0.1, -0.05) is 0 Å². The molecule has 0 aliphatic rings. The summed E-state index contributed by atoms with van der Waals surface area (Å²) in [5.41, 5.74) is 1.11. The maximum Gasteiger partial charge on any atom is 0.316 e. The summed E-state index contributed by atoms with van der Waals surface area (Å²) in [6.07, 6.45) is 0. The fraction of sp³-hybridized carbons (Fsp3) is 0.222. The number of nitroso groups, excluding NO2 is 1. The van der Waals surface area contributed by atoms with E-state index in [0.717, 1.165) is 5.56 Å². The Labute approximate surface area is 75.5 Å². The summed E-state index contributed by atoms with van der Waals surface area (Å²) in [6.45, 7) is 1.81. The van der Waals surface area contributed by atoms with E-state index in [1.54, 1.807) is 12.1 Å². The van der Waals surface area contributed by atoms with Gasteiger partial charge in [0.25, 0.3) is 0 Å². The second kappa shape index (κ2) is 3.80. The van der Waals surface area contributed by atoms with Gasteiger partial charge in [-0.3, -0.25) is 4.79 Å². The van der Waals surface area contributed by atoms with Crippen LogP contribution in [0.3, 0.4) is 0 Å². The molecular weight excluding hydrogens is 170 g/mol. The van der Waals surface area contributed by atoms with Crippen molar-refractivity contribution in [1.29, 1.82) is 0 Å². The largest absolute Gasteiger partial charge is 0.497 e. The molecule has 0 N–H and O–H groups in total. The highest BCUT2D eigenvalue weighted by Crippen LogP contribution is 2.16. The molecule has 0 aromatic heterocycles. The Hall–Kier alpha value is -1.71. The fourth-order valence-corrected chi connectivity index (χ4v) is 1.04. The van der Waals surface area contributed by atoms with Gasteiger partial charge in [-0.05, 0) is 30.7 Å². The predicted molar refractivity (Wildman–Crippen MR) is 47.9 cm³/mol. The number of carbonyl (C=O) groups is 1. The lowest BCUT2D eigenvalue weighted by Crippen LogP contribution is -1.95. The van der Waals surface area contributed by atoms with Crippen molar-refractivity contribution in [2.45, 2.75) is 6.92 Å². The Morgan fingerprint density at radius 3 is 2.62 bits per heavy atom. The summed E-state index contributed by atoms with van der Waals surface area (Å²) in [6, 6.07) is 4.84. The van der Waals surface area contributed by atoms with Crippen molar-refractivity contribution in [3.63, 3.8) is 0 Å². The Morgan fingerprint density at radius 2 is 2.08 bits per heavy atom. The smallest absolute Gasteiger partial charge is 0.316 e. The van der Waals surface area contributed by atoms with Crippen LogP contribution in [0.15, 0.2) is 23.4 Å². The molecule has 0 unspecified atom stereocenters. The van der Waals surface area contributed by atoms with Crippen LogP contribution in [0.4, 0.5) is 0 Å². The summed E-state index contributed by atoms with van der Waals surface area (Å²) in [5.74, 6) is -0.228. The first-order valence-electron chi connectivity index (χ1n) is 3.70. The molecule has 0 spiro atoms. The minimum absolute atomic E-state index is 0.256. The fourth-order valence-electron chi connectivity index (χ4n) is 1.04. The standard InChI is InChI=1S/C9H9NO3/c1-6-3-7(9(11)10-12)5-8(4-6)13-2/h3-5H,1-2H3. The summed E-state index contributed by atoms with van der Waals surface area (Å²) in [4.78, 5) is 20.9. The zero-order chi connectivity index (χ0) is 9.84. The van der Waals surface area contributed by atoms with E-state index in [2.05, 4.69) is 5.18 Å². The van der Waals surface area contributed by atoms with Crippen molar-refractivity contribution in [3.8, 4) is 5.75 Å². The number of hydrogen-bond acceptors (Lipinski definition) is 3. The molecular formula is C9H9NO3. The molecule has 1 aromatic carbocycles. The van der Waals surface area contributed by atoms with Crippen LogP contribution >= 0.6 is 0 Å². The molecule has 4 nitrogen and oxygen atoms in total. The van der Waals surface area contributed by atoms with Crippen LogP contribution < -0.4 is 4.74 Å². The van der Waals surface area contributed by atoms with Crippen molar-refractivity contribution >= 4 is 5.91 Å². The minimum Gasteiger partial charge on any atom is -0.497 e. The third-order valence-corrected chi connectivity index (χ3v) is 1.62. The van der Waals surface area contributed by atoms with Gasteiger partial charge in [0.1, 0.15) is 5.75 Å². The Balaban J connectivity index is 3.15. The monoisotopic (exact) mass is 179 g/mol. The molecule has 0 saturated heterocycles. The zero-order valence-corrected chi connectivity index (χ0v) is 7.40. The first-order valence-corrected chi connectivity index (χ1v) is 3.70. The summed E-state index contributed by atoms with van der Waals surface area (Å²) in [7, 11) is 1.50. The second-order valence-corrected chi connectivity index (χ2v) is 2.64. The van der Waals surface area contributed by atoms with Crippen molar-refractivity contribution in [3.05, 3.63) is 34.2 Å². The molecule has 0 radical (unpaired) electrons. The van der Waals surface area contributed by atoms with Gasteiger partial charge in [-0.2, -0.15) is 0 Å². The van der Waals surface area contributed by atoms with E-state index in [1.165, 1.54) is 13.2 Å². The molecule has 1 amide bonds. The molecule has 0 aliphatic heterocycles. The highest BCUT2D eigenvalue weighted by molar-refractivity contribution is 5.95. The number of nitrogens with zero attached hydrogens (tertiary/aromatic N) is 1. The normalized spacial score (nSPS) is 9.38. The minimum atomic E-state index is -0.776. The van der Waals surface area contributed by atoms with E-state index < -0.39 is 5.91 Å². The first-order chi connectivity index (χ1) is 6.17. The number of methoxy groups -OCH3 is 1. The molecule has 0 fully saturated rings. The van der Waals surface area contributed by atoms with Crippen molar-refractivity contribution in [2.75, 3.05) is 7.11 Å². The highest BCUT2D eigenvalue weighted by atomic mass is 16.5. The molecule has 4 heteroatoms. The SMILES string of the molecule is COc1cc(C)cc(C(=O)N=O)c1. The molecule has 68 valence electrons. The number of aryl methyl sites for hydroxylation is 1. The second-order valence-electron chi connectivity index (χ2n) is 2.64. The third-order valence-electron chi connectivity index (χ3n) is 1.62. The average molecular weight is 179 g/mol. The van der Waals surface area contributed by atoms with Gasteiger partial charge in [0.15, 0.2) is 0 Å². The zero-order valence-electron chi connectivity index (χ0n) is 7.40.